The van der Waals surface area contributed by atoms with Crippen molar-refractivity contribution in [3.63, 3.8) is 0 Å². The number of likely N-dealkylation sites (N-methyl/N-ethyl adjacent to an activating group) is 1. The highest BCUT2D eigenvalue weighted by molar-refractivity contribution is 5.95. The number of hydrogen-bond donors (Lipinski definition) is 2. The zero-order valence-corrected chi connectivity index (χ0v) is 23.8. The highest BCUT2D eigenvalue weighted by Gasteiger charge is 2.18. The van der Waals surface area contributed by atoms with E-state index in [9.17, 15) is 18.8 Å². The van der Waals surface area contributed by atoms with Gasteiger partial charge >= 0.3 is 0 Å². The van der Waals surface area contributed by atoms with Crippen molar-refractivity contribution in [2.75, 3.05) is 26.5 Å². The zero-order valence-electron chi connectivity index (χ0n) is 23.8. The molecule has 0 aliphatic heterocycles. The summed E-state index contributed by atoms with van der Waals surface area (Å²) in [5.74, 6) is -0.815. The molecular formula is C32H31FN6O3. The fraction of sp³-hybridized carbons (Fsp3) is 0.188. The molecule has 0 bridgehead atoms. The summed E-state index contributed by atoms with van der Waals surface area (Å²) in [6, 6.07) is 18.2. The molecule has 214 valence electrons. The lowest BCUT2D eigenvalue weighted by Gasteiger charge is -2.18. The second kappa shape index (κ2) is 11.8. The molecule has 42 heavy (non-hydrogen) atoms. The average Bonchev–Trinajstić information content (AvgIpc) is 3.41. The molecule has 2 aromatic carbocycles. The van der Waals surface area contributed by atoms with Gasteiger partial charge < -0.3 is 24.7 Å². The topological polar surface area (TPSA) is 101 Å². The van der Waals surface area contributed by atoms with Crippen LogP contribution in [0.5, 0.6) is 0 Å². The Morgan fingerprint density at radius 3 is 2.60 bits per heavy atom. The molecule has 0 radical (unpaired) electrons. The van der Waals surface area contributed by atoms with E-state index in [1.54, 1.807) is 81.4 Å². The number of rotatable bonds is 8. The zero-order chi connectivity index (χ0) is 30.0. The van der Waals surface area contributed by atoms with Crippen molar-refractivity contribution >= 4 is 28.4 Å². The Balaban J connectivity index is 1.59. The monoisotopic (exact) mass is 566 g/mol. The molecule has 0 saturated carbocycles. The molecule has 0 saturated heterocycles. The van der Waals surface area contributed by atoms with Gasteiger partial charge in [0.05, 0.1) is 35.7 Å². The van der Waals surface area contributed by atoms with Crippen LogP contribution in [0.2, 0.25) is 0 Å². The van der Waals surface area contributed by atoms with Crippen LogP contribution in [0.15, 0.2) is 90.1 Å². The lowest BCUT2D eigenvalue weighted by Crippen LogP contribution is -2.37. The fourth-order valence-corrected chi connectivity index (χ4v) is 4.74. The van der Waals surface area contributed by atoms with E-state index < -0.39 is 11.6 Å². The van der Waals surface area contributed by atoms with Gasteiger partial charge in [-0.25, -0.2) is 4.39 Å². The van der Waals surface area contributed by atoms with Gasteiger partial charge in [-0.05, 0) is 79.7 Å². The van der Waals surface area contributed by atoms with E-state index in [2.05, 4.69) is 15.6 Å². The summed E-state index contributed by atoms with van der Waals surface area (Å²) in [7, 11) is 5.02. The summed E-state index contributed by atoms with van der Waals surface area (Å²) in [5, 5.41) is 6.35. The number of hydrogen-bond acceptors (Lipinski definition) is 5. The minimum absolute atomic E-state index is 0.133. The summed E-state index contributed by atoms with van der Waals surface area (Å²) in [5.41, 5.74) is 3.75. The third kappa shape index (κ3) is 5.70. The van der Waals surface area contributed by atoms with Crippen molar-refractivity contribution in [1.82, 2.24) is 24.3 Å². The molecule has 3 aromatic heterocycles. The summed E-state index contributed by atoms with van der Waals surface area (Å²) < 4.78 is 17.2. The first-order chi connectivity index (χ1) is 20.2. The number of aromatic nitrogens is 3. The molecule has 2 amide bonds. The fourth-order valence-electron chi connectivity index (χ4n) is 4.74. The summed E-state index contributed by atoms with van der Waals surface area (Å²) in [6.07, 6.45) is 5.21. The normalized spacial score (nSPS) is 11.8. The third-order valence-electron chi connectivity index (χ3n) is 7.12. The highest BCUT2D eigenvalue weighted by Crippen LogP contribution is 2.25. The Hall–Kier alpha value is -5.09. The van der Waals surface area contributed by atoms with Crippen LogP contribution in [0.3, 0.4) is 0 Å². The van der Waals surface area contributed by atoms with Gasteiger partial charge in [-0.15, -0.1) is 0 Å². The molecule has 0 aliphatic carbocycles. The van der Waals surface area contributed by atoms with Crippen LogP contribution in [0.4, 0.5) is 10.1 Å². The molecule has 1 atom stereocenters. The molecule has 0 aliphatic rings. The molecule has 3 heterocycles. The first kappa shape index (κ1) is 28.4. The number of benzene rings is 2. The van der Waals surface area contributed by atoms with E-state index in [1.807, 2.05) is 29.0 Å². The Bertz CT molecular complexity index is 1860. The minimum atomic E-state index is -0.503. The molecule has 5 aromatic rings. The van der Waals surface area contributed by atoms with Crippen molar-refractivity contribution < 1.29 is 14.0 Å². The smallest absolute Gasteiger partial charge is 0.275 e. The number of anilines is 1. The standard InChI is InChI=1S/C32H31FN6O3/c1-20(34-2)30(40)36-27-9-11-29(22-6-5-7-24(15-22)31(41)37(3)4)39(32(27)42)19-21-14-26(18-35-17-21)38-13-12-23-16-25(33)8-10-28(23)38/h5-18,20,34H,19H2,1-4H3,(H,36,40)/t20-/m0/s1. The Morgan fingerprint density at radius 2 is 1.83 bits per heavy atom. The average molecular weight is 567 g/mol. The molecule has 0 spiro atoms. The van der Waals surface area contributed by atoms with Crippen molar-refractivity contribution in [3.05, 3.63) is 113 Å². The lowest BCUT2D eigenvalue weighted by molar-refractivity contribution is -0.117. The second-order valence-corrected chi connectivity index (χ2v) is 10.2. The van der Waals surface area contributed by atoms with E-state index in [-0.39, 0.29) is 29.9 Å². The molecule has 10 heteroatoms. The van der Waals surface area contributed by atoms with Crippen LogP contribution in [0, 0.1) is 5.82 Å². The minimum Gasteiger partial charge on any atom is -0.345 e. The van der Waals surface area contributed by atoms with Gasteiger partial charge in [0.25, 0.3) is 11.5 Å². The molecule has 9 nitrogen and oxygen atoms in total. The van der Waals surface area contributed by atoms with Gasteiger partial charge in [-0.2, -0.15) is 0 Å². The van der Waals surface area contributed by atoms with Gasteiger partial charge in [0, 0.05) is 37.4 Å². The van der Waals surface area contributed by atoms with Gasteiger partial charge in [0.2, 0.25) is 5.91 Å². The van der Waals surface area contributed by atoms with Crippen molar-refractivity contribution in [3.8, 4) is 16.9 Å². The predicted molar refractivity (Wildman–Crippen MR) is 161 cm³/mol. The van der Waals surface area contributed by atoms with Crippen LogP contribution in [-0.2, 0) is 11.3 Å². The quantitative estimate of drug-likeness (QED) is 0.292. The lowest BCUT2D eigenvalue weighted by atomic mass is 10.1. The maximum Gasteiger partial charge on any atom is 0.275 e. The highest BCUT2D eigenvalue weighted by atomic mass is 19.1. The number of pyridine rings is 2. The van der Waals surface area contributed by atoms with Gasteiger partial charge in [-0.3, -0.25) is 19.4 Å². The number of fused-ring (bicyclic) bond motifs is 1. The number of amides is 2. The van der Waals surface area contributed by atoms with Gasteiger partial charge in [0.15, 0.2) is 0 Å². The number of halogens is 1. The van der Waals surface area contributed by atoms with Gasteiger partial charge in [0.1, 0.15) is 11.5 Å². The molecule has 0 unspecified atom stereocenters. The largest absolute Gasteiger partial charge is 0.345 e. The van der Waals surface area contributed by atoms with E-state index in [1.165, 1.54) is 17.0 Å². The Morgan fingerprint density at radius 1 is 1.02 bits per heavy atom. The third-order valence-corrected chi connectivity index (χ3v) is 7.12. The molecular weight excluding hydrogens is 535 g/mol. The Kier molecular flexibility index (Phi) is 7.99. The number of carbonyl (C=O) groups excluding carboxylic acids is 2. The van der Waals surface area contributed by atoms with E-state index in [4.69, 9.17) is 0 Å². The summed E-state index contributed by atoms with van der Waals surface area (Å²) in [4.78, 5) is 45.0. The second-order valence-electron chi connectivity index (χ2n) is 10.2. The SMILES string of the molecule is CN[C@@H](C)C(=O)Nc1ccc(-c2cccc(C(=O)N(C)C)c2)n(Cc2cncc(-n3ccc4cc(F)ccc43)c2)c1=O. The van der Waals surface area contributed by atoms with Crippen LogP contribution in [0.1, 0.15) is 22.8 Å². The number of nitrogens with one attached hydrogen (secondary N) is 2. The first-order valence-corrected chi connectivity index (χ1v) is 13.4. The Labute approximate surface area is 242 Å². The summed E-state index contributed by atoms with van der Waals surface area (Å²) in [6.45, 7) is 1.84. The number of nitrogens with zero attached hydrogens (tertiary/aromatic N) is 4. The van der Waals surface area contributed by atoms with Crippen molar-refractivity contribution in [1.29, 1.82) is 0 Å². The maximum absolute atomic E-state index is 13.9. The van der Waals surface area contributed by atoms with Crippen molar-refractivity contribution in [2.45, 2.75) is 19.5 Å². The predicted octanol–water partition coefficient (Wildman–Crippen LogP) is 4.29. The van der Waals surface area contributed by atoms with Crippen LogP contribution in [0.25, 0.3) is 27.8 Å². The molecule has 5 rings (SSSR count). The van der Waals surface area contributed by atoms with Gasteiger partial charge in [-0.1, -0.05) is 12.1 Å². The summed E-state index contributed by atoms with van der Waals surface area (Å²) >= 11 is 0. The molecule has 0 fully saturated rings. The number of carbonyl (C=O) groups is 2. The maximum atomic E-state index is 13.9. The molecule has 2 N–H and O–H groups in total. The van der Waals surface area contributed by atoms with E-state index in [0.29, 0.717) is 16.8 Å². The van der Waals surface area contributed by atoms with Crippen LogP contribution in [-0.4, -0.2) is 58.0 Å². The van der Waals surface area contributed by atoms with E-state index in [0.717, 1.165) is 22.2 Å². The van der Waals surface area contributed by atoms with Crippen LogP contribution >= 0.6 is 0 Å². The van der Waals surface area contributed by atoms with Crippen molar-refractivity contribution in [2.24, 2.45) is 0 Å². The first-order valence-electron chi connectivity index (χ1n) is 13.4. The van der Waals surface area contributed by atoms with E-state index >= 15 is 0 Å². The van der Waals surface area contributed by atoms with Crippen LogP contribution < -0.4 is 16.2 Å².